The summed E-state index contributed by atoms with van der Waals surface area (Å²) in [4.78, 5) is 2.20. The topological polar surface area (TPSA) is 32.7 Å². The van der Waals surface area contributed by atoms with E-state index in [9.17, 15) is 5.11 Å². The molecule has 1 heterocycles. The van der Waals surface area contributed by atoms with Crippen LogP contribution in [0.2, 0.25) is 0 Å². The third kappa shape index (κ3) is 2.55. The first kappa shape index (κ1) is 13.2. The fraction of sp³-hybridized carbons (Fsp3) is 0.294. The highest BCUT2D eigenvalue weighted by molar-refractivity contribution is 5.50. The molecule has 3 heteroatoms. The minimum absolute atomic E-state index is 0.0473. The molecular weight excluding hydrogens is 250 g/mol. The second-order valence-corrected chi connectivity index (χ2v) is 5.19. The number of aliphatic hydroxyl groups excluding tert-OH is 1. The molecule has 3 nitrogen and oxygen atoms in total. The van der Waals surface area contributed by atoms with Crippen LogP contribution in [0.1, 0.15) is 17.4 Å². The minimum atomic E-state index is -0.137. The lowest BCUT2D eigenvalue weighted by Gasteiger charge is -2.25. The first-order valence-electron chi connectivity index (χ1n) is 6.92. The number of hydrogen-bond acceptors (Lipinski definition) is 3. The number of aryl methyl sites for hydroxylation is 1. The summed E-state index contributed by atoms with van der Waals surface area (Å²) in [6, 6.07) is 18.6. The molecule has 0 aromatic heterocycles. The summed E-state index contributed by atoms with van der Waals surface area (Å²) in [5, 5.41) is 9.39. The van der Waals surface area contributed by atoms with Gasteiger partial charge in [0.25, 0.3) is 0 Å². The van der Waals surface area contributed by atoms with E-state index < -0.39 is 0 Å². The highest BCUT2D eigenvalue weighted by atomic mass is 16.5. The van der Waals surface area contributed by atoms with Crippen LogP contribution >= 0.6 is 0 Å². The van der Waals surface area contributed by atoms with Crippen molar-refractivity contribution in [3.05, 3.63) is 65.7 Å². The Morgan fingerprint density at radius 1 is 1.10 bits per heavy atom. The maximum Gasteiger partial charge on any atom is 0.157 e. The lowest BCUT2D eigenvalue weighted by Crippen LogP contribution is -2.25. The van der Waals surface area contributed by atoms with Crippen molar-refractivity contribution >= 4 is 5.69 Å². The summed E-state index contributed by atoms with van der Waals surface area (Å²) in [6.07, 6.45) is -0.266. The van der Waals surface area contributed by atoms with Gasteiger partial charge >= 0.3 is 0 Å². The predicted octanol–water partition coefficient (Wildman–Crippen LogP) is 2.89. The van der Waals surface area contributed by atoms with Crippen molar-refractivity contribution in [2.45, 2.75) is 19.3 Å². The van der Waals surface area contributed by atoms with Gasteiger partial charge in [0.1, 0.15) is 6.10 Å². The number of ether oxygens (including phenoxy) is 1. The summed E-state index contributed by atoms with van der Waals surface area (Å²) < 4.78 is 5.97. The van der Waals surface area contributed by atoms with Gasteiger partial charge in [-0.05, 0) is 19.1 Å². The second kappa shape index (κ2) is 5.65. The van der Waals surface area contributed by atoms with Gasteiger partial charge in [0, 0.05) is 17.8 Å². The highest BCUT2D eigenvalue weighted by Crippen LogP contribution is 2.34. The Kier molecular flexibility index (Phi) is 3.72. The van der Waals surface area contributed by atoms with Crippen LogP contribution in [0.3, 0.4) is 0 Å². The molecular formula is C17H19NO2. The van der Waals surface area contributed by atoms with Crippen LogP contribution in [0.5, 0.6) is 0 Å². The van der Waals surface area contributed by atoms with E-state index in [2.05, 4.69) is 48.2 Å². The van der Waals surface area contributed by atoms with Gasteiger partial charge in [0.05, 0.1) is 6.61 Å². The Labute approximate surface area is 119 Å². The van der Waals surface area contributed by atoms with E-state index in [1.807, 2.05) is 18.2 Å². The molecule has 1 N–H and O–H groups in total. The molecule has 2 atom stereocenters. The summed E-state index contributed by atoms with van der Waals surface area (Å²) in [6.45, 7) is 2.83. The molecule has 1 aliphatic heterocycles. The van der Waals surface area contributed by atoms with Gasteiger partial charge in [-0.1, -0.05) is 48.0 Å². The molecule has 3 rings (SSSR count). The molecule has 1 saturated heterocycles. The van der Waals surface area contributed by atoms with Gasteiger partial charge in [0.15, 0.2) is 6.23 Å². The number of rotatable bonds is 3. The molecule has 2 aromatic carbocycles. The van der Waals surface area contributed by atoms with Crippen molar-refractivity contribution in [3.8, 4) is 0 Å². The highest BCUT2D eigenvalue weighted by Gasteiger charge is 2.33. The van der Waals surface area contributed by atoms with Gasteiger partial charge in [0.2, 0.25) is 0 Å². The maximum absolute atomic E-state index is 9.39. The SMILES string of the molecule is Cc1ccc(N2CC(CO)OC2c2ccccc2)cc1. The van der Waals surface area contributed by atoms with Crippen molar-refractivity contribution in [2.24, 2.45) is 0 Å². The van der Waals surface area contributed by atoms with Crippen molar-refractivity contribution in [1.29, 1.82) is 0 Å². The van der Waals surface area contributed by atoms with Crippen molar-refractivity contribution in [3.63, 3.8) is 0 Å². The summed E-state index contributed by atoms with van der Waals surface area (Å²) in [7, 11) is 0. The van der Waals surface area contributed by atoms with E-state index in [4.69, 9.17) is 4.74 Å². The lowest BCUT2D eigenvalue weighted by molar-refractivity contribution is 0.0147. The van der Waals surface area contributed by atoms with Gasteiger partial charge in [-0.2, -0.15) is 0 Å². The van der Waals surface area contributed by atoms with Crippen LogP contribution in [-0.4, -0.2) is 24.4 Å². The molecule has 0 bridgehead atoms. The average Bonchev–Trinajstić information content (AvgIpc) is 2.93. The van der Waals surface area contributed by atoms with Crippen LogP contribution in [0.4, 0.5) is 5.69 Å². The van der Waals surface area contributed by atoms with Crippen LogP contribution in [-0.2, 0) is 4.74 Å². The number of hydrogen-bond donors (Lipinski definition) is 1. The van der Waals surface area contributed by atoms with Crippen molar-refractivity contribution < 1.29 is 9.84 Å². The first-order chi connectivity index (χ1) is 9.78. The van der Waals surface area contributed by atoms with Crippen LogP contribution in [0.15, 0.2) is 54.6 Å². The molecule has 0 amide bonds. The van der Waals surface area contributed by atoms with Crippen LogP contribution in [0, 0.1) is 6.92 Å². The second-order valence-electron chi connectivity index (χ2n) is 5.19. The fourth-order valence-electron chi connectivity index (χ4n) is 2.57. The molecule has 1 aliphatic rings. The van der Waals surface area contributed by atoms with Crippen LogP contribution < -0.4 is 4.90 Å². The van der Waals surface area contributed by atoms with Crippen molar-refractivity contribution in [2.75, 3.05) is 18.1 Å². The number of benzene rings is 2. The zero-order valence-electron chi connectivity index (χ0n) is 11.6. The van der Waals surface area contributed by atoms with E-state index in [1.54, 1.807) is 0 Å². The number of aliphatic hydroxyl groups is 1. The summed E-state index contributed by atoms with van der Waals surface area (Å²) in [5.74, 6) is 0. The molecule has 0 spiro atoms. The quantitative estimate of drug-likeness (QED) is 0.930. The Hall–Kier alpha value is -1.84. The number of nitrogens with zero attached hydrogens (tertiary/aromatic N) is 1. The molecule has 104 valence electrons. The Bertz CT molecular complexity index is 553. The van der Waals surface area contributed by atoms with E-state index >= 15 is 0 Å². The molecule has 0 radical (unpaired) electrons. The predicted molar refractivity (Wildman–Crippen MR) is 79.7 cm³/mol. The lowest BCUT2D eigenvalue weighted by atomic mass is 10.1. The Balaban J connectivity index is 1.92. The van der Waals surface area contributed by atoms with Crippen LogP contribution in [0.25, 0.3) is 0 Å². The minimum Gasteiger partial charge on any atom is -0.394 e. The Morgan fingerprint density at radius 3 is 2.45 bits per heavy atom. The van der Waals surface area contributed by atoms with Gasteiger partial charge in [-0.25, -0.2) is 0 Å². The average molecular weight is 269 g/mol. The number of anilines is 1. The van der Waals surface area contributed by atoms with Crippen molar-refractivity contribution in [1.82, 2.24) is 0 Å². The van der Waals surface area contributed by atoms with Gasteiger partial charge < -0.3 is 14.7 Å². The van der Waals surface area contributed by atoms with E-state index in [1.165, 1.54) is 5.56 Å². The van der Waals surface area contributed by atoms with E-state index in [-0.39, 0.29) is 18.9 Å². The monoisotopic (exact) mass is 269 g/mol. The maximum atomic E-state index is 9.39. The zero-order valence-corrected chi connectivity index (χ0v) is 11.6. The molecule has 0 saturated carbocycles. The molecule has 20 heavy (non-hydrogen) atoms. The molecule has 0 aliphatic carbocycles. The van der Waals surface area contributed by atoms with Gasteiger partial charge in [-0.15, -0.1) is 0 Å². The molecule has 2 aromatic rings. The standard InChI is InChI=1S/C17H19NO2/c1-13-7-9-15(10-8-13)18-11-16(12-19)20-17(18)14-5-3-2-4-6-14/h2-10,16-17,19H,11-12H2,1H3. The fourth-order valence-corrected chi connectivity index (χ4v) is 2.57. The Morgan fingerprint density at radius 2 is 1.80 bits per heavy atom. The van der Waals surface area contributed by atoms with E-state index in [0.717, 1.165) is 11.3 Å². The summed E-state index contributed by atoms with van der Waals surface area (Å²) in [5.41, 5.74) is 3.48. The van der Waals surface area contributed by atoms with Gasteiger partial charge in [-0.3, -0.25) is 0 Å². The third-order valence-electron chi connectivity index (χ3n) is 3.66. The molecule has 1 fully saturated rings. The smallest absolute Gasteiger partial charge is 0.157 e. The molecule has 2 unspecified atom stereocenters. The first-order valence-corrected chi connectivity index (χ1v) is 6.92. The largest absolute Gasteiger partial charge is 0.394 e. The zero-order chi connectivity index (χ0) is 13.9. The normalized spacial score (nSPS) is 22.2. The van der Waals surface area contributed by atoms with E-state index in [0.29, 0.717) is 6.54 Å². The summed E-state index contributed by atoms with van der Waals surface area (Å²) >= 11 is 0. The third-order valence-corrected chi connectivity index (χ3v) is 3.66.